The lowest BCUT2D eigenvalue weighted by Crippen LogP contribution is -2.15. The fraction of sp³-hybridized carbons (Fsp3) is 0.231. The molecule has 0 radical (unpaired) electrons. The van der Waals surface area contributed by atoms with Crippen molar-refractivity contribution in [1.82, 2.24) is 15.1 Å². The molecule has 0 aliphatic heterocycles. The Morgan fingerprint density at radius 2 is 1.45 bits per heavy atom. The fourth-order valence-corrected chi connectivity index (χ4v) is 3.33. The highest BCUT2D eigenvalue weighted by atomic mass is 16.5. The van der Waals surface area contributed by atoms with Crippen LogP contribution in [0.3, 0.4) is 0 Å². The molecule has 158 valence electrons. The number of hydrogen-bond acceptors (Lipinski definition) is 5. The predicted octanol–water partition coefficient (Wildman–Crippen LogP) is 5.32. The number of aromatic nitrogens is 2. The van der Waals surface area contributed by atoms with Gasteiger partial charge in [-0.1, -0.05) is 54.6 Å². The van der Waals surface area contributed by atoms with Crippen LogP contribution in [0.15, 0.2) is 83.3 Å². The van der Waals surface area contributed by atoms with Gasteiger partial charge in [0, 0.05) is 12.1 Å². The summed E-state index contributed by atoms with van der Waals surface area (Å²) >= 11 is 0. The SMILES string of the molecule is CN(C)CCCOc1ccc(-c2nnc(Cc3ccc(-c4ccccc4)cc3)o2)cc1. The van der Waals surface area contributed by atoms with Crippen LogP contribution >= 0.6 is 0 Å². The summed E-state index contributed by atoms with van der Waals surface area (Å²) in [5.74, 6) is 1.97. The predicted molar refractivity (Wildman–Crippen MR) is 123 cm³/mol. The molecule has 31 heavy (non-hydrogen) atoms. The highest BCUT2D eigenvalue weighted by molar-refractivity contribution is 5.63. The third-order valence-electron chi connectivity index (χ3n) is 5.00. The molecule has 0 saturated heterocycles. The van der Waals surface area contributed by atoms with E-state index in [0.29, 0.717) is 24.8 Å². The zero-order chi connectivity index (χ0) is 21.5. The van der Waals surface area contributed by atoms with Gasteiger partial charge in [-0.3, -0.25) is 0 Å². The van der Waals surface area contributed by atoms with Crippen LogP contribution in [0, 0.1) is 0 Å². The van der Waals surface area contributed by atoms with E-state index in [1.165, 1.54) is 11.1 Å². The minimum absolute atomic E-state index is 0.523. The largest absolute Gasteiger partial charge is 0.494 e. The number of ether oxygens (including phenoxy) is 1. The molecule has 4 rings (SSSR count). The monoisotopic (exact) mass is 413 g/mol. The van der Waals surface area contributed by atoms with Gasteiger partial charge in [0.05, 0.1) is 13.0 Å². The van der Waals surface area contributed by atoms with Crippen molar-refractivity contribution in [2.24, 2.45) is 0 Å². The van der Waals surface area contributed by atoms with Crippen molar-refractivity contribution in [3.05, 3.63) is 90.3 Å². The topological polar surface area (TPSA) is 51.4 Å². The van der Waals surface area contributed by atoms with Crippen LogP contribution in [0.25, 0.3) is 22.6 Å². The van der Waals surface area contributed by atoms with Crippen molar-refractivity contribution < 1.29 is 9.15 Å². The molecule has 5 heteroatoms. The van der Waals surface area contributed by atoms with E-state index in [-0.39, 0.29) is 0 Å². The maximum atomic E-state index is 5.88. The summed E-state index contributed by atoms with van der Waals surface area (Å²) in [6.45, 7) is 1.71. The van der Waals surface area contributed by atoms with Crippen LogP contribution in [0.4, 0.5) is 0 Å². The summed E-state index contributed by atoms with van der Waals surface area (Å²) in [5, 5.41) is 8.42. The van der Waals surface area contributed by atoms with Crippen molar-refractivity contribution in [2.45, 2.75) is 12.8 Å². The minimum atomic E-state index is 0.523. The molecule has 0 atom stereocenters. The Morgan fingerprint density at radius 1 is 0.774 bits per heavy atom. The third-order valence-corrected chi connectivity index (χ3v) is 5.00. The Bertz CT molecular complexity index is 1070. The van der Waals surface area contributed by atoms with Crippen LogP contribution in [0.2, 0.25) is 0 Å². The molecule has 5 nitrogen and oxygen atoms in total. The minimum Gasteiger partial charge on any atom is -0.494 e. The molecule has 3 aromatic carbocycles. The summed E-state index contributed by atoms with van der Waals surface area (Å²) in [5.41, 5.74) is 4.43. The van der Waals surface area contributed by atoms with Gasteiger partial charge in [-0.25, -0.2) is 0 Å². The summed E-state index contributed by atoms with van der Waals surface area (Å²) in [7, 11) is 4.13. The summed E-state index contributed by atoms with van der Waals surface area (Å²) in [4.78, 5) is 2.15. The Hall–Kier alpha value is -3.44. The van der Waals surface area contributed by atoms with Gasteiger partial charge in [0.25, 0.3) is 0 Å². The van der Waals surface area contributed by atoms with Crippen molar-refractivity contribution in [3.8, 4) is 28.3 Å². The van der Waals surface area contributed by atoms with Gasteiger partial charge in [0.15, 0.2) is 0 Å². The van der Waals surface area contributed by atoms with E-state index in [4.69, 9.17) is 9.15 Å². The molecular formula is C26H27N3O2. The lowest BCUT2D eigenvalue weighted by Gasteiger charge is -2.10. The molecule has 0 fully saturated rings. The first-order chi connectivity index (χ1) is 15.2. The maximum absolute atomic E-state index is 5.88. The second-order valence-corrected chi connectivity index (χ2v) is 7.77. The number of rotatable bonds is 9. The van der Waals surface area contributed by atoms with Gasteiger partial charge >= 0.3 is 0 Å². The van der Waals surface area contributed by atoms with Crippen molar-refractivity contribution >= 4 is 0 Å². The van der Waals surface area contributed by atoms with Crippen LogP contribution in [0.1, 0.15) is 17.9 Å². The second-order valence-electron chi connectivity index (χ2n) is 7.77. The van der Waals surface area contributed by atoms with Crippen LogP contribution in [-0.4, -0.2) is 42.3 Å². The normalized spacial score (nSPS) is 11.1. The van der Waals surface area contributed by atoms with E-state index in [0.717, 1.165) is 29.8 Å². The van der Waals surface area contributed by atoms with E-state index < -0.39 is 0 Å². The average Bonchev–Trinajstić information content (AvgIpc) is 3.26. The van der Waals surface area contributed by atoms with Crippen molar-refractivity contribution in [1.29, 1.82) is 0 Å². The zero-order valence-corrected chi connectivity index (χ0v) is 18.0. The van der Waals surface area contributed by atoms with Gasteiger partial charge in [-0.2, -0.15) is 0 Å². The van der Waals surface area contributed by atoms with Crippen molar-refractivity contribution in [2.75, 3.05) is 27.2 Å². The molecular weight excluding hydrogens is 386 g/mol. The van der Waals surface area contributed by atoms with Gasteiger partial charge in [0.1, 0.15) is 5.75 Å². The van der Waals surface area contributed by atoms with E-state index in [9.17, 15) is 0 Å². The lowest BCUT2D eigenvalue weighted by molar-refractivity contribution is 0.281. The van der Waals surface area contributed by atoms with E-state index in [1.54, 1.807) is 0 Å². The van der Waals surface area contributed by atoms with E-state index in [2.05, 4.69) is 65.6 Å². The summed E-state index contributed by atoms with van der Waals surface area (Å²) < 4.78 is 11.7. The maximum Gasteiger partial charge on any atom is 0.247 e. The molecule has 0 saturated carbocycles. The second kappa shape index (κ2) is 10.0. The Kier molecular flexibility index (Phi) is 6.75. The van der Waals surface area contributed by atoms with Gasteiger partial charge in [-0.05, 0) is 61.5 Å². The lowest BCUT2D eigenvalue weighted by atomic mass is 10.0. The standard InChI is InChI=1S/C26H27N3O2/c1-29(2)17-6-18-30-24-15-13-23(14-16-24)26-28-27-25(31-26)19-20-9-11-22(12-10-20)21-7-4-3-5-8-21/h3-5,7-16H,6,17-19H2,1-2H3. The van der Waals surface area contributed by atoms with Gasteiger partial charge < -0.3 is 14.1 Å². The molecule has 0 aliphatic carbocycles. The molecule has 0 bridgehead atoms. The fourth-order valence-electron chi connectivity index (χ4n) is 3.33. The summed E-state index contributed by atoms with van der Waals surface area (Å²) in [6, 6.07) is 26.6. The highest BCUT2D eigenvalue weighted by Crippen LogP contribution is 2.23. The first kappa shape index (κ1) is 20.8. The highest BCUT2D eigenvalue weighted by Gasteiger charge is 2.10. The number of hydrogen-bond donors (Lipinski definition) is 0. The molecule has 0 amide bonds. The first-order valence-electron chi connectivity index (χ1n) is 10.5. The van der Waals surface area contributed by atoms with Crippen LogP contribution < -0.4 is 4.74 Å². The molecule has 0 aliphatic rings. The van der Waals surface area contributed by atoms with E-state index in [1.807, 2.05) is 42.5 Å². The molecule has 0 spiro atoms. The Morgan fingerprint density at radius 3 is 2.16 bits per heavy atom. The first-order valence-corrected chi connectivity index (χ1v) is 10.5. The van der Waals surface area contributed by atoms with E-state index >= 15 is 0 Å². The zero-order valence-electron chi connectivity index (χ0n) is 18.0. The Balaban J connectivity index is 1.35. The van der Waals surface area contributed by atoms with Crippen molar-refractivity contribution in [3.63, 3.8) is 0 Å². The molecule has 1 aromatic heterocycles. The van der Waals surface area contributed by atoms with Gasteiger partial charge in [0.2, 0.25) is 11.8 Å². The third kappa shape index (κ3) is 5.80. The number of benzene rings is 3. The molecule has 0 unspecified atom stereocenters. The smallest absolute Gasteiger partial charge is 0.247 e. The van der Waals surface area contributed by atoms with Crippen LogP contribution in [-0.2, 0) is 6.42 Å². The molecule has 0 N–H and O–H groups in total. The van der Waals surface area contributed by atoms with Gasteiger partial charge in [-0.15, -0.1) is 10.2 Å². The quantitative estimate of drug-likeness (QED) is 0.347. The average molecular weight is 414 g/mol. The number of nitrogens with zero attached hydrogens (tertiary/aromatic N) is 3. The Labute approximate surface area is 183 Å². The molecule has 4 aromatic rings. The summed E-state index contributed by atoms with van der Waals surface area (Å²) in [6.07, 6.45) is 1.60. The van der Waals surface area contributed by atoms with Crippen LogP contribution in [0.5, 0.6) is 5.75 Å². The molecule has 1 heterocycles.